The fourth-order valence-electron chi connectivity index (χ4n) is 3.16. The topological polar surface area (TPSA) is 59.7 Å². The maximum Gasteiger partial charge on any atom is 0.176 e. The van der Waals surface area contributed by atoms with Crippen LogP contribution in [0.3, 0.4) is 0 Å². The molecule has 4 aromatic rings. The van der Waals surface area contributed by atoms with Crippen molar-refractivity contribution in [1.82, 2.24) is 19.6 Å². The second kappa shape index (κ2) is 9.92. The Labute approximate surface area is 206 Å². The van der Waals surface area contributed by atoms with Gasteiger partial charge in [-0.1, -0.05) is 59.1 Å². The first-order valence-electron chi connectivity index (χ1n) is 9.70. The van der Waals surface area contributed by atoms with Crippen molar-refractivity contribution in [3.05, 3.63) is 92.8 Å². The molecule has 0 spiro atoms. The van der Waals surface area contributed by atoms with Gasteiger partial charge in [0.05, 0.1) is 25.0 Å². The summed E-state index contributed by atoms with van der Waals surface area (Å²) in [5, 5.41) is 17.5. The fraction of sp³-hybridized carbons (Fsp3) is 0.136. The molecular weight excluding hydrogens is 487 g/mol. The Balaban J connectivity index is 1.38. The second-order valence-corrected chi connectivity index (χ2v) is 8.76. The lowest BCUT2D eigenvalue weighted by molar-refractivity contribution is 0.668. The molecule has 2 aromatic heterocycles. The van der Waals surface area contributed by atoms with Gasteiger partial charge in [0, 0.05) is 38.6 Å². The molecule has 164 valence electrons. The van der Waals surface area contributed by atoms with Crippen LogP contribution in [0, 0.1) is 6.92 Å². The summed E-state index contributed by atoms with van der Waals surface area (Å²) in [4.78, 5) is 0. The van der Waals surface area contributed by atoms with E-state index in [1.165, 1.54) is 0 Å². The SMILES string of the molecule is Cc1cc(NC(=S)Nc2cnn(Cc3ccccc3Cl)c2)nn1Cc1c(Cl)cccc1Cl. The summed E-state index contributed by atoms with van der Waals surface area (Å²) < 4.78 is 3.61. The van der Waals surface area contributed by atoms with Gasteiger partial charge in [0.25, 0.3) is 0 Å². The van der Waals surface area contributed by atoms with E-state index in [0.29, 0.717) is 39.1 Å². The van der Waals surface area contributed by atoms with E-state index in [4.69, 9.17) is 47.0 Å². The molecule has 0 atom stereocenters. The number of rotatable bonds is 6. The largest absolute Gasteiger partial charge is 0.330 e. The summed E-state index contributed by atoms with van der Waals surface area (Å²) in [5.74, 6) is 0.617. The zero-order valence-corrected chi connectivity index (χ0v) is 20.1. The third-order valence-electron chi connectivity index (χ3n) is 4.77. The Bertz CT molecular complexity index is 1250. The van der Waals surface area contributed by atoms with Crippen LogP contribution in [0.15, 0.2) is 60.9 Å². The van der Waals surface area contributed by atoms with E-state index in [1.54, 1.807) is 10.9 Å². The van der Waals surface area contributed by atoms with Crippen LogP contribution in [0.1, 0.15) is 16.8 Å². The molecule has 0 aliphatic heterocycles. The molecule has 0 unspecified atom stereocenters. The Kier molecular flexibility index (Phi) is 7.01. The maximum atomic E-state index is 6.29. The second-order valence-electron chi connectivity index (χ2n) is 7.13. The van der Waals surface area contributed by atoms with Gasteiger partial charge in [-0.05, 0) is 42.9 Å². The first-order valence-corrected chi connectivity index (χ1v) is 11.2. The Morgan fingerprint density at radius 3 is 2.44 bits per heavy atom. The smallest absolute Gasteiger partial charge is 0.176 e. The number of anilines is 2. The van der Waals surface area contributed by atoms with Crippen LogP contribution in [-0.2, 0) is 13.1 Å². The van der Waals surface area contributed by atoms with Crippen molar-refractivity contribution >= 4 is 63.6 Å². The number of thiocarbonyl (C=S) groups is 1. The van der Waals surface area contributed by atoms with E-state index in [2.05, 4.69) is 20.8 Å². The third-order valence-corrected chi connectivity index (χ3v) is 6.05. The first-order chi connectivity index (χ1) is 15.4. The lowest BCUT2D eigenvalue weighted by Crippen LogP contribution is -2.19. The quantitative estimate of drug-likeness (QED) is 0.303. The molecule has 2 aromatic carbocycles. The van der Waals surface area contributed by atoms with Gasteiger partial charge in [-0.15, -0.1) is 0 Å². The van der Waals surface area contributed by atoms with Crippen LogP contribution in [-0.4, -0.2) is 24.7 Å². The minimum absolute atomic E-state index is 0.405. The van der Waals surface area contributed by atoms with E-state index in [1.807, 2.05) is 66.3 Å². The molecular formula is C22H19Cl3N6S. The van der Waals surface area contributed by atoms with Gasteiger partial charge < -0.3 is 10.6 Å². The van der Waals surface area contributed by atoms with E-state index in [0.717, 1.165) is 22.5 Å². The minimum atomic E-state index is 0.405. The average Bonchev–Trinajstić information content (AvgIpc) is 3.32. The van der Waals surface area contributed by atoms with Crippen molar-refractivity contribution in [2.75, 3.05) is 10.6 Å². The highest BCUT2D eigenvalue weighted by Gasteiger charge is 2.11. The van der Waals surface area contributed by atoms with Crippen LogP contribution < -0.4 is 10.6 Å². The average molecular weight is 506 g/mol. The molecule has 2 N–H and O–H groups in total. The molecule has 0 amide bonds. The highest BCUT2D eigenvalue weighted by Crippen LogP contribution is 2.26. The number of aromatic nitrogens is 4. The van der Waals surface area contributed by atoms with Gasteiger partial charge in [0.15, 0.2) is 10.9 Å². The Morgan fingerprint density at radius 1 is 0.969 bits per heavy atom. The summed E-state index contributed by atoms with van der Waals surface area (Å²) in [7, 11) is 0. The molecule has 6 nitrogen and oxygen atoms in total. The van der Waals surface area contributed by atoms with Crippen molar-refractivity contribution in [2.45, 2.75) is 20.0 Å². The Morgan fingerprint density at radius 2 is 1.69 bits per heavy atom. The number of hydrogen-bond acceptors (Lipinski definition) is 3. The summed E-state index contributed by atoms with van der Waals surface area (Å²) in [6.07, 6.45) is 3.56. The van der Waals surface area contributed by atoms with Gasteiger partial charge in [0.1, 0.15) is 0 Å². The van der Waals surface area contributed by atoms with Crippen molar-refractivity contribution < 1.29 is 0 Å². The van der Waals surface area contributed by atoms with Gasteiger partial charge in [-0.3, -0.25) is 9.36 Å². The lowest BCUT2D eigenvalue weighted by Gasteiger charge is -2.09. The summed E-state index contributed by atoms with van der Waals surface area (Å²) in [5.41, 5.74) is 3.51. The van der Waals surface area contributed by atoms with Crippen molar-refractivity contribution in [2.24, 2.45) is 0 Å². The third kappa shape index (κ3) is 5.42. The number of nitrogens with one attached hydrogen (secondary N) is 2. The van der Waals surface area contributed by atoms with E-state index in [9.17, 15) is 0 Å². The molecule has 32 heavy (non-hydrogen) atoms. The molecule has 0 fully saturated rings. The molecule has 0 radical (unpaired) electrons. The molecule has 4 rings (SSSR count). The standard InChI is InChI=1S/C22H19Cl3N6S/c1-14-9-21(29-31(14)13-17-19(24)7-4-8-20(17)25)28-22(32)27-16-10-26-30(12-16)11-15-5-2-3-6-18(15)23/h2-10,12H,11,13H2,1H3,(H2,27,28,29,32). The van der Waals surface area contributed by atoms with Crippen LogP contribution >= 0.6 is 47.0 Å². The molecule has 0 saturated heterocycles. The Hall–Kier alpha value is -2.58. The molecule has 2 heterocycles. The molecule has 0 saturated carbocycles. The molecule has 10 heteroatoms. The first kappa shape index (κ1) is 22.6. The minimum Gasteiger partial charge on any atom is -0.330 e. The normalized spacial score (nSPS) is 10.9. The van der Waals surface area contributed by atoms with Crippen molar-refractivity contribution in [3.63, 3.8) is 0 Å². The predicted molar refractivity (Wildman–Crippen MR) is 135 cm³/mol. The fourth-order valence-corrected chi connectivity index (χ4v) is 4.09. The summed E-state index contributed by atoms with van der Waals surface area (Å²) in [6.45, 7) is 2.98. The number of aryl methyl sites for hydroxylation is 1. The van der Waals surface area contributed by atoms with Crippen molar-refractivity contribution in [3.8, 4) is 0 Å². The molecule has 0 aliphatic rings. The molecule has 0 bridgehead atoms. The zero-order valence-electron chi connectivity index (χ0n) is 17.0. The van der Waals surface area contributed by atoms with Crippen molar-refractivity contribution in [1.29, 1.82) is 0 Å². The number of hydrogen-bond donors (Lipinski definition) is 2. The number of nitrogens with zero attached hydrogens (tertiary/aromatic N) is 4. The number of halogens is 3. The maximum absolute atomic E-state index is 6.29. The van der Waals surface area contributed by atoms with Crippen LogP contribution in [0.4, 0.5) is 11.5 Å². The van der Waals surface area contributed by atoms with Gasteiger partial charge in [-0.25, -0.2) is 0 Å². The zero-order chi connectivity index (χ0) is 22.7. The summed E-state index contributed by atoms with van der Waals surface area (Å²) >= 11 is 24.2. The number of benzene rings is 2. The van der Waals surface area contributed by atoms with E-state index in [-0.39, 0.29) is 0 Å². The molecule has 0 aliphatic carbocycles. The van der Waals surface area contributed by atoms with Crippen LogP contribution in [0.5, 0.6) is 0 Å². The summed E-state index contributed by atoms with van der Waals surface area (Å²) in [6, 6.07) is 15.0. The van der Waals surface area contributed by atoms with Gasteiger partial charge in [0.2, 0.25) is 0 Å². The van der Waals surface area contributed by atoms with Gasteiger partial charge in [-0.2, -0.15) is 10.2 Å². The predicted octanol–water partition coefficient (Wildman–Crippen LogP) is 6.25. The van der Waals surface area contributed by atoms with Crippen LogP contribution in [0.25, 0.3) is 0 Å². The lowest BCUT2D eigenvalue weighted by atomic mass is 10.2. The van der Waals surface area contributed by atoms with E-state index < -0.39 is 0 Å². The monoisotopic (exact) mass is 504 g/mol. The van der Waals surface area contributed by atoms with E-state index >= 15 is 0 Å². The highest BCUT2D eigenvalue weighted by molar-refractivity contribution is 7.80. The highest BCUT2D eigenvalue weighted by atomic mass is 35.5. The van der Waals surface area contributed by atoms with Crippen LogP contribution in [0.2, 0.25) is 15.1 Å². The van der Waals surface area contributed by atoms with Gasteiger partial charge >= 0.3 is 0 Å².